The summed E-state index contributed by atoms with van der Waals surface area (Å²) in [6.45, 7) is 2.03. The number of carbonyl (C=O) groups is 1. The summed E-state index contributed by atoms with van der Waals surface area (Å²) in [6, 6.07) is 8.88. The number of benzene rings is 1. The molecule has 0 fully saturated rings. The van der Waals surface area contributed by atoms with Crippen LogP contribution in [0.15, 0.2) is 42.9 Å². The summed E-state index contributed by atoms with van der Waals surface area (Å²) < 4.78 is 10.2. The Morgan fingerprint density at radius 2 is 1.85 bits per heavy atom. The number of carbonyl (C=O) groups excluding carboxylic acids is 1. The van der Waals surface area contributed by atoms with Crippen molar-refractivity contribution in [2.24, 2.45) is 0 Å². The van der Waals surface area contributed by atoms with Crippen LogP contribution in [0.5, 0.6) is 5.75 Å². The lowest BCUT2D eigenvalue weighted by molar-refractivity contribution is 0.0597. The van der Waals surface area contributed by atoms with E-state index in [4.69, 9.17) is 15.2 Å². The largest absolute Gasteiger partial charge is 0.496 e. The molecule has 0 aliphatic carbocycles. The molecule has 3 rings (SSSR count). The van der Waals surface area contributed by atoms with Gasteiger partial charge >= 0.3 is 5.97 Å². The highest BCUT2D eigenvalue weighted by Gasteiger charge is 2.18. The molecule has 2 heterocycles. The predicted molar refractivity (Wildman–Crippen MR) is 102 cm³/mol. The van der Waals surface area contributed by atoms with Crippen LogP contribution in [0, 0.1) is 0 Å². The van der Waals surface area contributed by atoms with Crippen molar-refractivity contribution in [2.75, 3.05) is 20.0 Å². The van der Waals surface area contributed by atoms with Gasteiger partial charge in [-0.25, -0.2) is 19.7 Å². The van der Waals surface area contributed by atoms with Crippen molar-refractivity contribution < 1.29 is 14.3 Å². The van der Waals surface area contributed by atoms with Crippen molar-refractivity contribution in [2.45, 2.75) is 13.3 Å². The number of nitrogens with zero attached hydrogens (tertiary/aromatic N) is 3. The zero-order valence-corrected chi connectivity index (χ0v) is 15.4. The third-order valence-electron chi connectivity index (χ3n) is 4.22. The van der Waals surface area contributed by atoms with Crippen LogP contribution < -0.4 is 10.5 Å². The number of esters is 1. The van der Waals surface area contributed by atoms with Crippen molar-refractivity contribution in [3.8, 4) is 28.1 Å². The van der Waals surface area contributed by atoms with Crippen molar-refractivity contribution in [1.29, 1.82) is 0 Å². The number of aryl methyl sites for hydroxylation is 1. The van der Waals surface area contributed by atoms with E-state index in [2.05, 4.69) is 15.0 Å². The Morgan fingerprint density at radius 1 is 1.07 bits per heavy atom. The van der Waals surface area contributed by atoms with Crippen molar-refractivity contribution >= 4 is 11.8 Å². The molecule has 2 N–H and O–H groups in total. The molecular weight excluding hydrogens is 344 g/mol. The van der Waals surface area contributed by atoms with E-state index in [1.807, 2.05) is 19.1 Å². The summed E-state index contributed by atoms with van der Waals surface area (Å²) in [5.41, 5.74) is 10.2. The van der Waals surface area contributed by atoms with Crippen LogP contribution in [0.3, 0.4) is 0 Å². The molecule has 0 unspecified atom stereocenters. The highest BCUT2D eigenvalue weighted by atomic mass is 16.5. The van der Waals surface area contributed by atoms with Crippen LogP contribution in [0.25, 0.3) is 22.4 Å². The third-order valence-corrected chi connectivity index (χ3v) is 4.22. The fourth-order valence-electron chi connectivity index (χ4n) is 2.88. The number of anilines is 1. The summed E-state index contributed by atoms with van der Waals surface area (Å²) in [5, 5.41) is 0. The monoisotopic (exact) mass is 364 g/mol. The maximum Gasteiger partial charge on any atom is 0.341 e. The fourth-order valence-corrected chi connectivity index (χ4v) is 2.88. The van der Waals surface area contributed by atoms with E-state index in [-0.39, 0.29) is 0 Å². The Morgan fingerprint density at radius 3 is 2.48 bits per heavy atom. The standard InChI is InChI=1S/C20H20N4O3/c1-4-15-18(13-6-8-17(21)22-10-13)19(24-11-23-15)12-5-7-14(20(25)27-3)16(9-12)26-2/h5-11H,4H2,1-3H3,(H2,21,22). The molecule has 0 aliphatic heterocycles. The Hall–Kier alpha value is -3.48. The molecule has 0 aliphatic rings. The topological polar surface area (TPSA) is 100 Å². The quantitative estimate of drug-likeness (QED) is 0.694. The number of ether oxygens (including phenoxy) is 2. The lowest BCUT2D eigenvalue weighted by Crippen LogP contribution is -2.05. The number of nitrogen functional groups attached to an aromatic ring is 1. The summed E-state index contributed by atoms with van der Waals surface area (Å²) in [5.74, 6) is 0.398. The average Bonchev–Trinajstić information content (AvgIpc) is 2.72. The van der Waals surface area contributed by atoms with Gasteiger partial charge in [0.15, 0.2) is 0 Å². The van der Waals surface area contributed by atoms with E-state index in [0.29, 0.717) is 17.1 Å². The molecule has 7 heteroatoms. The molecule has 0 saturated heterocycles. The van der Waals surface area contributed by atoms with Gasteiger partial charge in [-0.3, -0.25) is 0 Å². The van der Waals surface area contributed by atoms with E-state index in [1.54, 1.807) is 24.4 Å². The molecule has 138 valence electrons. The number of methoxy groups -OCH3 is 2. The van der Waals surface area contributed by atoms with Crippen LogP contribution in [0.2, 0.25) is 0 Å². The summed E-state index contributed by atoms with van der Waals surface area (Å²) >= 11 is 0. The number of nitrogens with two attached hydrogens (primary N) is 1. The molecule has 2 aromatic heterocycles. The predicted octanol–water partition coefficient (Wildman–Crippen LogP) is 3.15. The molecule has 3 aromatic rings. The molecule has 1 aromatic carbocycles. The van der Waals surface area contributed by atoms with Gasteiger partial charge in [-0.2, -0.15) is 0 Å². The zero-order chi connectivity index (χ0) is 19.4. The second kappa shape index (κ2) is 7.82. The minimum Gasteiger partial charge on any atom is -0.496 e. The molecule has 0 atom stereocenters. The fraction of sp³-hybridized carbons (Fsp3) is 0.200. The van der Waals surface area contributed by atoms with E-state index >= 15 is 0 Å². The minimum atomic E-state index is -0.460. The summed E-state index contributed by atoms with van der Waals surface area (Å²) in [4.78, 5) is 25.0. The normalized spacial score (nSPS) is 10.5. The van der Waals surface area contributed by atoms with E-state index in [1.165, 1.54) is 20.5 Å². The third kappa shape index (κ3) is 3.57. The molecule has 0 saturated carbocycles. The van der Waals surface area contributed by atoms with Crippen LogP contribution >= 0.6 is 0 Å². The van der Waals surface area contributed by atoms with Crippen LogP contribution in [0.1, 0.15) is 23.0 Å². The highest BCUT2D eigenvalue weighted by Crippen LogP contribution is 2.35. The minimum absolute atomic E-state index is 0.351. The van der Waals surface area contributed by atoms with Gasteiger partial charge in [0.25, 0.3) is 0 Å². The maximum atomic E-state index is 11.9. The molecule has 0 spiro atoms. The number of rotatable bonds is 5. The SMILES string of the molecule is CCc1ncnc(-c2ccc(C(=O)OC)c(OC)c2)c1-c1ccc(N)nc1. The molecule has 0 radical (unpaired) electrons. The van der Waals surface area contributed by atoms with Crippen LogP contribution in [-0.2, 0) is 11.2 Å². The second-order valence-corrected chi connectivity index (χ2v) is 5.78. The molecule has 0 amide bonds. The van der Waals surface area contributed by atoms with Gasteiger partial charge in [-0.1, -0.05) is 13.0 Å². The van der Waals surface area contributed by atoms with Gasteiger partial charge in [-0.15, -0.1) is 0 Å². The Bertz CT molecular complexity index is 971. The van der Waals surface area contributed by atoms with Crippen LogP contribution in [0.4, 0.5) is 5.82 Å². The number of aromatic nitrogens is 3. The Kier molecular flexibility index (Phi) is 5.30. The van der Waals surface area contributed by atoms with Gasteiger partial charge < -0.3 is 15.2 Å². The lowest BCUT2D eigenvalue weighted by Gasteiger charge is -2.14. The first-order valence-corrected chi connectivity index (χ1v) is 8.41. The summed E-state index contributed by atoms with van der Waals surface area (Å²) in [6.07, 6.45) is 3.96. The van der Waals surface area contributed by atoms with E-state index < -0.39 is 5.97 Å². The first kappa shape index (κ1) is 18.3. The van der Waals surface area contributed by atoms with E-state index in [9.17, 15) is 4.79 Å². The van der Waals surface area contributed by atoms with Crippen molar-refractivity contribution in [3.63, 3.8) is 0 Å². The van der Waals surface area contributed by atoms with Gasteiger partial charge in [0.1, 0.15) is 23.5 Å². The first-order chi connectivity index (χ1) is 13.1. The molecule has 0 bridgehead atoms. The smallest absolute Gasteiger partial charge is 0.341 e. The number of hydrogen-bond acceptors (Lipinski definition) is 7. The maximum absolute atomic E-state index is 11.9. The first-order valence-electron chi connectivity index (χ1n) is 8.41. The Balaban J connectivity index is 2.20. The van der Waals surface area contributed by atoms with E-state index in [0.717, 1.165) is 34.5 Å². The molecule has 27 heavy (non-hydrogen) atoms. The van der Waals surface area contributed by atoms with Gasteiger partial charge in [0.05, 0.1) is 25.6 Å². The lowest BCUT2D eigenvalue weighted by atomic mass is 9.97. The van der Waals surface area contributed by atoms with Gasteiger partial charge in [-0.05, 0) is 30.7 Å². The molecule has 7 nitrogen and oxygen atoms in total. The molecular formula is C20H20N4O3. The average molecular weight is 364 g/mol. The van der Waals surface area contributed by atoms with Crippen molar-refractivity contribution in [1.82, 2.24) is 15.0 Å². The summed E-state index contributed by atoms with van der Waals surface area (Å²) in [7, 11) is 2.84. The van der Waals surface area contributed by atoms with Gasteiger partial charge in [0.2, 0.25) is 0 Å². The highest BCUT2D eigenvalue weighted by molar-refractivity contribution is 5.94. The zero-order valence-electron chi connectivity index (χ0n) is 15.4. The number of pyridine rings is 1. The second-order valence-electron chi connectivity index (χ2n) is 5.78. The number of hydrogen-bond donors (Lipinski definition) is 1. The van der Waals surface area contributed by atoms with Crippen molar-refractivity contribution in [3.05, 3.63) is 54.1 Å². The van der Waals surface area contributed by atoms with Gasteiger partial charge in [0, 0.05) is 22.9 Å². The Labute approximate surface area is 157 Å². The van der Waals surface area contributed by atoms with Crippen LogP contribution in [-0.4, -0.2) is 35.1 Å².